The number of aryl methyl sites for hydroxylation is 1. The molecule has 128 valence electrons. The van der Waals surface area contributed by atoms with Crippen molar-refractivity contribution in [3.8, 4) is 6.01 Å². The molecule has 4 nitrogen and oxygen atoms in total. The minimum absolute atomic E-state index is 0.410. The van der Waals surface area contributed by atoms with Crippen LogP contribution in [0, 0.1) is 0 Å². The Labute approximate surface area is 139 Å². The van der Waals surface area contributed by atoms with Crippen molar-refractivity contribution in [1.29, 1.82) is 0 Å². The third-order valence-corrected chi connectivity index (χ3v) is 4.01. The van der Waals surface area contributed by atoms with E-state index in [4.69, 9.17) is 9.15 Å². The van der Waals surface area contributed by atoms with Crippen molar-refractivity contribution in [2.45, 2.75) is 78.1 Å². The molecule has 2 heterocycles. The van der Waals surface area contributed by atoms with Gasteiger partial charge in [0.25, 0.3) is 0 Å². The number of rotatable bonds is 12. The van der Waals surface area contributed by atoms with Crippen molar-refractivity contribution in [3.63, 3.8) is 0 Å². The zero-order valence-electron chi connectivity index (χ0n) is 14.6. The normalized spacial score (nSPS) is 11.2. The fourth-order valence-electron chi connectivity index (χ4n) is 2.69. The number of aromatic nitrogens is 2. The lowest BCUT2D eigenvalue weighted by atomic mass is 10.1. The third kappa shape index (κ3) is 6.20. The number of furan rings is 1. The van der Waals surface area contributed by atoms with Crippen LogP contribution in [0.3, 0.4) is 0 Å². The number of hydrogen-bond acceptors (Lipinski definition) is 4. The molecule has 0 atom stereocenters. The number of unbranched alkanes of at least 4 members (excludes halogenated alkanes) is 7. The lowest BCUT2D eigenvalue weighted by molar-refractivity contribution is 0.292. The largest absolute Gasteiger partial charge is 0.463 e. The van der Waals surface area contributed by atoms with Crippen LogP contribution in [0.4, 0.5) is 0 Å². The Kier molecular flexibility index (Phi) is 7.91. The summed E-state index contributed by atoms with van der Waals surface area (Å²) < 4.78 is 11.3. The molecule has 0 spiro atoms. The van der Waals surface area contributed by atoms with Gasteiger partial charge >= 0.3 is 6.01 Å². The van der Waals surface area contributed by atoms with Crippen LogP contribution in [0.25, 0.3) is 11.1 Å². The van der Waals surface area contributed by atoms with Crippen LogP contribution in [0.2, 0.25) is 0 Å². The van der Waals surface area contributed by atoms with Crippen molar-refractivity contribution in [2.75, 3.05) is 6.61 Å². The van der Waals surface area contributed by atoms with Gasteiger partial charge in [-0.25, -0.2) is 4.98 Å². The van der Waals surface area contributed by atoms with Crippen LogP contribution in [-0.2, 0) is 6.42 Å². The highest BCUT2D eigenvalue weighted by Gasteiger charge is 2.07. The van der Waals surface area contributed by atoms with E-state index in [1.165, 1.54) is 51.4 Å². The molecule has 0 fully saturated rings. The molecule has 0 saturated carbocycles. The first-order valence-electron chi connectivity index (χ1n) is 9.21. The standard InChI is InChI=1S/C19H30N2O2/c1-3-5-6-7-8-9-10-11-12-17-14-16-15-20-19(22-13-4-2)21-18(16)23-17/h14-15H,3-13H2,1-2H3. The van der Waals surface area contributed by atoms with Gasteiger partial charge < -0.3 is 9.15 Å². The van der Waals surface area contributed by atoms with Crippen molar-refractivity contribution < 1.29 is 9.15 Å². The maximum absolute atomic E-state index is 5.82. The van der Waals surface area contributed by atoms with Crippen LogP contribution in [0.1, 0.15) is 77.4 Å². The highest BCUT2D eigenvalue weighted by Crippen LogP contribution is 2.20. The Bertz CT molecular complexity index is 565. The molecule has 2 aromatic heterocycles. The Hall–Kier alpha value is -1.58. The highest BCUT2D eigenvalue weighted by molar-refractivity contribution is 5.73. The average molecular weight is 318 g/mol. The first-order chi connectivity index (χ1) is 11.3. The molecule has 2 rings (SSSR count). The second-order valence-corrected chi connectivity index (χ2v) is 6.20. The molecule has 0 saturated heterocycles. The van der Waals surface area contributed by atoms with Gasteiger partial charge in [0.15, 0.2) is 0 Å². The lowest BCUT2D eigenvalue weighted by Crippen LogP contribution is -1.98. The van der Waals surface area contributed by atoms with Gasteiger partial charge in [-0.1, -0.05) is 58.8 Å². The number of hydrogen-bond donors (Lipinski definition) is 0. The Morgan fingerprint density at radius 2 is 1.70 bits per heavy atom. The molecule has 23 heavy (non-hydrogen) atoms. The van der Waals surface area contributed by atoms with Crippen molar-refractivity contribution >= 4 is 11.1 Å². The summed E-state index contributed by atoms with van der Waals surface area (Å²) in [5.41, 5.74) is 0.640. The molecule has 4 heteroatoms. The van der Waals surface area contributed by atoms with Gasteiger partial charge in [0.05, 0.1) is 12.0 Å². The summed E-state index contributed by atoms with van der Waals surface area (Å²) in [6.07, 6.45) is 14.3. The number of ether oxygens (including phenoxy) is 1. The monoisotopic (exact) mass is 318 g/mol. The smallest absolute Gasteiger partial charge is 0.319 e. The first kappa shape index (κ1) is 17.8. The molecule has 0 N–H and O–H groups in total. The number of nitrogens with zero attached hydrogens (tertiary/aromatic N) is 2. The van der Waals surface area contributed by atoms with Crippen LogP contribution >= 0.6 is 0 Å². The Morgan fingerprint density at radius 3 is 2.43 bits per heavy atom. The predicted molar refractivity (Wildman–Crippen MR) is 93.9 cm³/mol. The van der Waals surface area contributed by atoms with Gasteiger partial charge in [0.2, 0.25) is 5.71 Å². The van der Waals surface area contributed by atoms with Gasteiger partial charge in [-0.15, -0.1) is 0 Å². The van der Waals surface area contributed by atoms with E-state index in [2.05, 4.69) is 29.9 Å². The molecule has 0 aliphatic rings. The fourth-order valence-corrected chi connectivity index (χ4v) is 2.69. The van der Waals surface area contributed by atoms with E-state index in [0.29, 0.717) is 18.3 Å². The zero-order chi connectivity index (χ0) is 16.3. The van der Waals surface area contributed by atoms with Crippen LogP contribution < -0.4 is 4.74 Å². The molecular formula is C19H30N2O2. The maximum atomic E-state index is 5.82. The summed E-state index contributed by atoms with van der Waals surface area (Å²) in [5.74, 6) is 1.01. The van der Waals surface area contributed by atoms with Gasteiger partial charge in [0, 0.05) is 12.6 Å². The minimum Gasteiger partial charge on any atom is -0.463 e. The topological polar surface area (TPSA) is 48.2 Å². The number of fused-ring (bicyclic) bond motifs is 1. The summed E-state index contributed by atoms with van der Waals surface area (Å²) >= 11 is 0. The summed E-state index contributed by atoms with van der Waals surface area (Å²) in [7, 11) is 0. The predicted octanol–water partition coefficient (Wildman–Crippen LogP) is 5.69. The van der Waals surface area contributed by atoms with E-state index in [9.17, 15) is 0 Å². The van der Waals surface area contributed by atoms with E-state index >= 15 is 0 Å². The molecule has 0 aliphatic carbocycles. The SMILES string of the molecule is CCCCCCCCCCc1cc2cnc(OCCC)nc2o1. The molecule has 2 aromatic rings. The quantitative estimate of drug-likeness (QED) is 0.471. The second kappa shape index (κ2) is 10.2. The van der Waals surface area contributed by atoms with Gasteiger partial charge in [-0.3, -0.25) is 0 Å². The van der Waals surface area contributed by atoms with Crippen LogP contribution in [0.15, 0.2) is 16.7 Å². The van der Waals surface area contributed by atoms with Gasteiger partial charge in [0.1, 0.15) is 5.76 Å². The molecule has 0 unspecified atom stereocenters. The average Bonchev–Trinajstić information content (AvgIpc) is 2.97. The Morgan fingerprint density at radius 1 is 0.957 bits per heavy atom. The van der Waals surface area contributed by atoms with E-state index in [1.807, 2.05) is 0 Å². The minimum atomic E-state index is 0.410. The van der Waals surface area contributed by atoms with E-state index in [1.54, 1.807) is 6.20 Å². The van der Waals surface area contributed by atoms with E-state index in [-0.39, 0.29) is 0 Å². The van der Waals surface area contributed by atoms with Crippen molar-refractivity contribution in [1.82, 2.24) is 9.97 Å². The second-order valence-electron chi connectivity index (χ2n) is 6.20. The Balaban J connectivity index is 1.71. The molecule has 0 radical (unpaired) electrons. The van der Waals surface area contributed by atoms with Gasteiger partial charge in [-0.2, -0.15) is 4.98 Å². The molecule has 0 amide bonds. The lowest BCUT2D eigenvalue weighted by Gasteiger charge is -2.00. The molecular weight excluding hydrogens is 288 g/mol. The van der Waals surface area contributed by atoms with Crippen LogP contribution in [0.5, 0.6) is 6.01 Å². The maximum Gasteiger partial charge on any atom is 0.319 e. The summed E-state index contributed by atoms with van der Waals surface area (Å²) in [4.78, 5) is 8.53. The van der Waals surface area contributed by atoms with E-state index in [0.717, 1.165) is 24.0 Å². The highest BCUT2D eigenvalue weighted by atomic mass is 16.5. The van der Waals surface area contributed by atoms with Gasteiger partial charge in [-0.05, 0) is 18.9 Å². The van der Waals surface area contributed by atoms with E-state index < -0.39 is 0 Å². The molecule has 0 aromatic carbocycles. The van der Waals surface area contributed by atoms with Crippen LogP contribution in [-0.4, -0.2) is 16.6 Å². The first-order valence-corrected chi connectivity index (χ1v) is 9.21. The molecule has 0 aliphatic heterocycles. The summed E-state index contributed by atoms with van der Waals surface area (Å²) in [6.45, 7) is 4.96. The summed E-state index contributed by atoms with van der Waals surface area (Å²) in [6, 6.07) is 2.47. The molecule has 0 bridgehead atoms. The summed E-state index contributed by atoms with van der Waals surface area (Å²) in [5, 5.41) is 0.961. The third-order valence-electron chi connectivity index (χ3n) is 4.01. The fraction of sp³-hybridized carbons (Fsp3) is 0.684. The zero-order valence-corrected chi connectivity index (χ0v) is 14.6. The van der Waals surface area contributed by atoms with Crippen molar-refractivity contribution in [3.05, 3.63) is 18.0 Å². The van der Waals surface area contributed by atoms with Crippen molar-refractivity contribution in [2.24, 2.45) is 0 Å².